The van der Waals surface area contributed by atoms with Crippen LogP contribution >= 0.6 is 45.3 Å². The number of anilines is 4. The van der Waals surface area contributed by atoms with E-state index in [4.69, 9.17) is 19.9 Å². The Balaban J connectivity index is 0.702. The molecule has 4 heterocycles. The van der Waals surface area contributed by atoms with Crippen LogP contribution in [0.15, 0.2) is 21.5 Å². The maximum absolute atomic E-state index is 15.0. The van der Waals surface area contributed by atoms with E-state index < -0.39 is 35.5 Å². The second-order valence-corrected chi connectivity index (χ2v) is 31.7. The van der Waals surface area contributed by atoms with Crippen LogP contribution in [0.25, 0.3) is 0 Å². The van der Waals surface area contributed by atoms with Crippen molar-refractivity contribution in [3.05, 3.63) is 44.3 Å². The predicted molar refractivity (Wildman–Crippen MR) is 294 cm³/mol. The van der Waals surface area contributed by atoms with Gasteiger partial charge in [-0.1, -0.05) is 0 Å². The van der Waals surface area contributed by atoms with Crippen molar-refractivity contribution < 1.29 is 19.2 Å². The van der Waals surface area contributed by atoms with Gasteiger partial charge in [0, 0.05) is 43.2 Å². The summed E-state index contributed by atoms with van der Waals surface area (Å²) in [5, 5.41) is 22.6. The van der Waals surface area contributed by atoms with Crippen molar-refractivity contribution >= 4 is 89.5 Å². The maximum Gasteiger partial charge on any atom is 0.238 e. The van der Waals surface area contributed by atoms with E-state index in [2.05, 4.69) is 42.8 Å². The number of nitrogens with one attached hydrogen (secondary N) is 4. The Morgan fingerprint density at radius 1 is 0.347 bits per heavy atom. The lowest BCUT2D eigenvalue weighted by molar-refractivity contribution is -0.133. The number of nitrogens with zero attached hydrogens (tertiary/aromatic N) is 4. The van der Waals surface area contributed by atoms with Crippen LogP contribution in [0.2, 0.25) is 0 Å². The minimum atomic E-state index is -1.43. The largest absolute Gasteiger partial charge is 0.301 e. The molecule has 396 valence electrons. The number of hydrogen-bond donors (Lipinski definition) is 4. The van der Waals surface area contributed by atoms with Crippen LogP contribution in [0.4, 0.5) is 20.5 Å². The Morgan fingerprint density at radius 2 is 0.520 bits per heavy atom. The third kappa shape index (κ3) is 8.20. The van der Waals surface area contributed by atoms with Crippen LogP contribution < -0.4 is 21.3 Å². The fourth-order valence-electron chi connectivity index (χ4n) is 21.7. The summed E-state index contributed by atoms with van der Waals surface area (Å²) >= 11 is 5.65. The number of aromatic nitrogens is 4. The average Bonchev–Trinajstić information content (AvgIpc) is 4.24. The molecule has 16 aliphatic rings. The van der Waals surface area contributed by atoms with Gasteiger partial charge in [0.15, 0.2) is 20.5 Å². The molecular weight excluding hydrogens is 1010 g/mol. The van der Waals surface area contributed by atoms with Gasteiger partial charge in [0.25, 0.3) is 0 Å². The molecule has 12 nitrogen and oxygen atoms in total. The van der Waals surface area contributed by atoms with Crippen molar-refractivity contribution in [1.82, 2.24) is 19.9 Å². The fraction of sp³-hybridized carbons (Fsp3) is 0.729. The van der Waals surface area contributed by atoms with Crippen LogP contribution in [0, 0.1) is 82.9 Å². The Morgan fingerprint density at radius 3 is 0.693 bits per heavy atom. The van der Waals surface area contributed by atoms with E-state index in [1.54, 1.807) is 0 Å². The molecule has 16 saturated carbocycles. The molecule has 4 aromatic heterocycles. The molecule has 0 aliphatic heterocycles. The second kappa shape index (κ2) is 17.4. The fourth-order valence-corrected chi connectivity index (χ4v) is 25.0. The smallest absolute Gasteiger partial charge is 0.238 e. The number of amides is 4. The van der Waals surface area contributed by atoms with Crippen LogP contribution in [-0.2, 0) is 40.8 Å². The Hall–Kier alpha value is -3.60. The summed E-state index contributed by atoms with van der Waals surface area (Å²) in [6, 6.07) is 0. The minimum absolute atomic E-state index is 0.0439. The summed E-state index contributed by atoms with van der Waals surface area (Å²) in [6.45, 7) is 0. The molecule has 0 radical (unpaired) electrons. The lowest BCUT2D eigenvalue weighted by atomic mass is 9.49. The molecule has 16 fully saturated rings. The van der Waals surface area contributed by atoms with Crippen molar-refractivity contribution in [2.75, 3.05) is 21.3 Å². The second-order valence-electron chi connectivity index (χ2n) is 28.2. The van der Waals surface area contributed by atoms with Gasteiger partial charge in [-0.2, -0.15) is 0 Å². The molecule has 0 atom stereocenters. The summed E-state index contributed by atoms with van der Waals surface area (Å²) in [4.78, 5) is 80.7. The third-order valence-corrected chi connectivity index (χ3v) is 26.0. The molecule has 0 saturated heterocycles. The minimum Gasteiger partial charge on any atom is -0.301 e. The lowest BCUT2D eigenvalue weighted by Gasteiger charge is -2.56. The van der Waals surface area contributed by atoms with E-state index in [9.17, 15) is 0 Å². The highest BCUT2D eigenvalue weighted by Gasteiger charge is 2.57. The SMILES string of the molecule is O=C(Nc1nc(C23CC4CC(CC(C4)C2)C3)cs1)C(CC(C(=O)Nc1nc(C23CC4CC(CC(C4)C2)C3)cs1)C(=O)Nc1nc(C23CC4CC(CC(C4)C2)C3)cs1)C(=O)Nc1nc(C23CC4CC(CC(C4)C2)C3)cs1. The van der Waals surface area contributed by atoms with Gasteiger partial charge in [-0.15, -0.1) is 45.3 Å². The standard InChI is InChI=1S/C59H72N8O4S4/c68-48(64-52-60-44(26-72-52)56-14-30-1-31(15-56)3-32(2-30)16-56)42(49(69)65-53-61-45(27-73-53)57-17-33-4-34(18-57)6-35(5-33)19-57)13-43(50(70)66-54-62-46(28-74-54)58-20-36-7-37(21-58)9-38(8-36)22-58)51(71)67-55-63-47(29-75-55)59-23-39-10-40(24-59)12-41(11-39)25-59/h26-43H,1-25H2,(H,60,64,68)(H,61,65,69)(H,62,66,70)(H,63,67,71). The van der Waals surface area contributed by atoms with Crippen LogP contribution in [-0.4, -0.2) is 43.6 Å². The van der Waals surface area contributed by atoms with Crippen molar-refractivity contribution in [3.63, 3.8) is 0 Å². The first-order chi connectivity index (χ1) is 36.4. The highest BCUT2D eigenvalue weighted by atomic mass is 32.1. The Bertz CT molecular complexity index is 2440. The van der Waals surface area contributed by atoms with E-state index >= 15 is 19.2 Å². The molecule has 20 rings (SSSR count). The van der Waals surface area contributed by atoms with Crippen LogP contribution in [0.3, 0.4) is 0 Å². The van der Waals surface area contributed by atoms with E-state index in [-0.39, 0.29) is 28.1 Å². The van der Waals surface area contributed by atoms with E-state index in [1.165, 1.54) is 122 Å². The number of hydrogen-bond acceptors (Lipinski definition) is 12. The van der Waals surface area contributed by atoms with Crippen LogP contribution in [0.5, 0.6) is 0 Å². The number of rotatable bonds is 14. The van der Waals surface area contributed by atoms with Crippen molar-refractivity contribution in [2.45, 2.75) is 182 Å². The number of thiazole rings is 4. The van der Waals surface area contributed by atoms with Crippen molar-refractivity contribution in [3.8, 4) is 0 Å². The van der Waals surface area contributed by atoms with Gasteiger partial charge in [-0.05, 0) is 232 Å². The summed E-state index contributed by atoms with van der Waals surface area (Å²) in [5.74, 6) is 3.74. The highest BCUT2D eigenvalue weighted by Crippen LogP contribution is 2.64. The third-order valence-electron chi connectivity index (χ3n) is 23.0. The first kappa shape index (κ1) is 47.4. The predicted octanol–water partition coefficient (Wildman–Crippen LogP) is 12.9. The van der Waals surface area contributed by atoms with Gasteiger partial charge in [0.05, 0.1) is 22.8 Å². The monoisotopic (exact) mass is 1080 g/mol. The van der Waals surface area contributed by atoms with Gasteiger partial charge in [-0.3, -0.25) is 19.2 Å². The van der Waals surface area contributed by atoms with E-state index in [1.807, 2.05) is 0 Å². The van der Waals surface area contributed by atoms with E-state index in [0.717, 1.165) is 171 Å². The molecule has 4 amide bonds. The summed E-state index contributed by atoms with van der Waals surface area (Å²) < 4.78 is 0. The quantitative estimate of drug-likeness (QED) is 0.0905. The van der Waals surface area contributed by atoms with Gasteiger partial charge in [0.2, 0.25) is 23.6 Å². The van der Waals surface area contributed by atoms with Crippen molar-refractivity contribution in [2.24, 2.45) is 82.9 Å². The molecule has 0 unspecified atom stereocenters. The van der Waals surface area contributed by atoms with Crippen molar-refractivity contribution in [1.29, 1.82) is 0 Å². The molecule has 16 heteroatoms. The molecule has 16 bridgehead atoms. The molecule has 0 aromatic carbocycles. The molecule has 0 spiro atoms. The highest BCUT2D eigenvalue weighted by molar-refractivity contribution is 7.14. The maximum atomic E-state index is 15.0. The number of carbonyl (C=O) groups excluding carboxylic acids is 4. The normalized spacial score (nSPS) is 41.5. The summed E-state index contributed by atoms with van der Waals surface area (Å²) in [6.07, 6.45) is 29.4. The molecule has 16 aliphatic carbocycles. The van der Waals surface area contributed by atoms with E-state index in [0.29, 0.717) is 20.5 Å². The van der Waals surface area contributed by atoms with Gasteiger partial charge >= 0.3 is 0 Å². The first-order valence-corrected chi connectivity index (χ1v) is 32.9. The molecule has 4 aromatic rings. The van der Waals surface area contributed by atoms with Gasteiger partial charge < -0.3 is 21.3 Å². The Kier molecular flexibility index (Phi) is 11.0. The topological polar surface area (TPSA) is 168 Å². The molecule has 75 heavy (non-hydrogen) atoms. The molecular formula is C59H72N8O4S4. The van der Waals surface area contributed by atoms with Gasteiger partial charge in [0.1, 0.15) is 11.8 Å². The zero-order chi connectivity index (χ0) is 50.0. The zero-order valence-corrected chi connectivity index (χ0v) is 46.4. The first-order valence-electron chi connectivity index (χ1n) is 29.4. The summed E-state index contributed by atoms with van der Waals surface area (Å²) in [5.41, 5.74) is 4.42. The zero-order valence-electron chi connectivity index (χ0n) is 43.1. The number of carbonyl (C=O) groups is 4. The summed E-state index contributed by atoms with van der Waals surface area (Å²) in [7, 11) is 0. The Labute approximate surface area is 456 Å². The van der Waals surface area contributed by atoms with Crippen LogP contribution in [0.1, 0.15) is 183 Å². The average molecular weight is 1090 g/mol. The molecule has 4 N–H and O–H groups in total. The lowest BCUT2D eigenvalue weighted by Crippen LogP contribution is -2.48. The van der Waals surface area contributed by atoms with Gasteiger partial charge in [-0.25, -0.2) is 19.9 Å².